The number of hydrogen-bond donors (Lipinski definition) is 0. The number of nitrogens with zero attached hydrogens (tertiary/aromatic N) is 2. The molecule has 1 unspecified atom stereocenters. The molecule has 5 nitrogen and oxygen atoms in total. The fraction of sp³-hybridized carbons (Fsp3) is 0.462. The smallest absolute Gasteiger partial charge is 0.237 e. The molecule has 1 aliphatic carbocycles. The van der Waals surface area contributed by atoms with Crippen LogP contribution in [-0.2, 0) is 4.79 Å². The molecule has 0 bridgehead atoms. The molecule has 1 aliphatic rings. The highest BCUT2D eigenvalue weighted by Crippen LogP contribution is 2.29. The summed E-state index contributed by atoms with van der Waals surface area (Å²) in [5.74, 6) is 0.921. The van der Waals surface area contributed by atoms with Crippen LogP contribution in [0.1, 0.15) is 43.9 Å². The summed E-state index contributed by atoms with van der Waals surface area (Å²) < 4.78 is 10.2. The lowest BCUT2D eigenvalue weighted by molar-refractivity contribution is -0.120. The van der Waals surface area contributed by atoms with Crippen LogP contribution in [0.5, 0.6) is 0 Å². The van der Waals surface area contributed by atoms with Gasteiger partial charge in [-0.1, -0.05) is 18.0 Å². The minimum Gasteiger partial charge on any atom is -0.472 e. The first-order valence-electron chi connectivity index (χ1n) is 6.23. The molecule has 18 heavy (non-hydrogen) atoms. The van der Waals surface area contributed by atoms with Gasteiger partial charge in [-0.05, 0) is 18.9 Å². The number of aromatic nitrogens is 2. The fourth-order valence-corrected chi connectivity index (χ4v) is 2.31. The molecule has 2 aromatic heterocycles. The molecule has 94 valence electrons. The normalized spacial score (nSPS) is 20.9. The average molecular weight is 246 g/mol. The molecule has 0 radical (unpaired) electrons. The molecule has 0 amide bonds. The van der Waals surface area contributed by atoms with Crippen LogP contribution in [-0.4, -0.2) is 15.9 Å². The molecule has 5 heteroatoms. The summed E-state index contributed by atoms with van der Waals surface area (Å²) in [6.45, 7) is 0. The SMILES string of the molecule is O=C1CCCCCC1c1nc(-c2ccoc2)no1. The van der Waals surface area contributed by atoms with Crippen molar-refractivity contribution in [2.45, 2.75) is 38.0 Å². The van der Waals surface area contributed by atoms with E-state index in [1.165, 1.54) is 0 Å². The Bertz CT molecular complexity index is 530. The quantitative estimate of drug-likeness (QED) is 0.762. The number of ketones is 1. The Morgan fingerprint density at radius 3 is 3.06 bits per heavy atom. The van der Waals surface area contributed by atoms with Crippen LogP contribution in [0.2, 0.25) is 0 Å². The predicted molar refractivity (Wildman–Crippen MR) is 62.8 cm³/mol. The van der Waals surface area contributed by atoms with Gasteiger partial charge in [0.2, 0.25) is 11.7 Å². The van der Waals surface area contributed by atoms with E-state index in [-0.39, 0.29) is 11.7 Å². The first kappa shape index (κ1) is 11.2. The molecular formula is C13H14N2O3. The van der Waals surface area contributed by atoms with E-state index >= 15 is 0 Å². The van der Waals surface area contributed by atoms with Crippen molar-refractivity contribution in [3.8, 4) is 11.4 Å². The lowest BCUT2D eigenvalue weighted by atomic mass is 9.99. The summed E-state index contributed by atoms with van der Waals surface area (Å²) in [6, 6.07) is 1.77. The van der Waals surface area contributed by atoms with Crippen LogP contribution < -0.4 is 0 Å². The van der Waals surface area contributed by atoms with Gasteiger partial charge in [0.15, 0.2) is 0 Å². The van der Waals surface area contributed by atoms with Crippen LogP contribution in [0.15, 0.2) is 27.5 Å². The van der Waals surface area contributed by atoms with Crippen LogP contribution in [0, 0.1) is 0 Å². The van der Waals surface area contributed by atoms with E-state index < -0.39 is 0 Å². The predicted octanol–water partition coefficient (Wildman–Crippen LogP) is 2.95. The van der Waals surface area contributed by atoms with Crippen LogP contribution in [0.3, 0.4) is 0 Å². The third-order valence-corrected chi connectivity index (χ3v) is 3.32. The largest absolute Gasteiger partial charge is 0.472 e. The van der Waals surface area contributed by atoms with E-state index in [0.717, 1.165) is 31.2 Å². The van der Waals surface area contributed by atoms with Crippen LogP contribution >= 0.6 is 0 Å². The summed E-state index contributed by atoms with van der Waals surface area (Å²) in [5.41, 5.74) is 0.770. The van der Waals surface area contributed by atoms with Gasteiger partial charge in [-0.25, -0.2) is 0 Å². The highest BCUT2D eigenvalue weighted by molar-refractivity contribution is 5.85. The zero-order valence-electron chi connectivity index (χ0n) is 9.96. The van der Waals surface area contributed by atoms with Crippen molar-refractivity contribution >= 4 is 5.78 Å². The zero-order valence-corrected chi connectivity index (χ0v) is 9.96. The van der Waals surface area contributed by atoms with Crippen molar-refractivity contribution in [2.75, 3.05) is 0 Å². The summed E-state index contributed by atoms with van der Waals surface area (Å²) in [7, 11) is 0. The van der Waals surface area contributed by atoms with Crippen molar-refractivity contribution < 1.29 is 13.7 Å². The molecule has 1 fully saturated rings. The maximum Gasteiger partial charge on any atom is 0.237 e. The maximum atomic E-state index is 12.0. The topological polar surface area (TPSA) is 69.1 Å². The molecule has 0 saturated heterocycles. The number of carbonyl (C=O) groups is 1. The standard InChI is InChI=1S/C13H14N2O3/c16-11-5-3-1-2-4-10(11)13-14-12(15-18-13)9-6-7-17-8-9/h6-8,10H,1-5H2. The van der Waals surface area contributed by atoms with Crippen molar-refractivity contribution in [3.05, 3.63) is 24.5 Å². The summed E-state index contributed by atoms with van der Waals surface area (Å²) in [4.78, 5) is 16.3. The molecule has 0 aliphatic heterocycles. The molecule has 0 N–H and O–H groups in total. The van der Waals surface area contributed by atoms with Crippen LogP contribution in [0.4, 0.5) is 0 Å². The summed E-state index contributed by atoms with van der Waals surface area (Å²) >= 11 is 0. The van der Waals surface area contributed by atoms with Gasteiger partial charge in [0, 0.05) is 6.42 Å². The zero-order chi connectivity index (χ0) is 12.4. The second-order valence-corrected chi connectivity index (χ2v) is 4.59. The lowest BCUT2D eigenvalue weighted by Crippen LogP contribution is -2.10. The van der Waals surface area contributed by atoms with Gasteiger partial charge in [0.1, 0.15) is 12.0 Å². The molecule has 0 aromatic carbocycles. The number of Topliss-reactive ketones (excluding diaryl/α,β-unsaturated/α-hetero) is 1. The van der Waals surface area contributed by atoms with Crippen LogP contribution in [0.25, 0.3) is 11.4 Å². The molecule has 2 aromatic rings. The monoisotopic (exact) mass is 246 g/mol. The molecular weight excluding hydrogens is 232 g/mol. The van der Waals surface area contributed by atoms with Gasteiger partial charge in [0.05, 0.1) is 17.7 Å². The van der Waals surface area contributed by atoms with Gasteiger partial charge in [0.25, 0.3) is 0 Å². The Kier molecular flexibility index (Phi) is 2.96. The minimum atomic E-state index is -0.222. The molecule has 0 spiro atoms. The number of carbonyl (C=O) groups excluding carboxylic acids is 1. The fourth-order valence-electron chi connectivity index (χ4n) is 2.31. The van der Waals surface area contributed by atoms with Crippen molar-refractivity contribution in [1.82, 2.24) is 10.1 Å². The van der Waals surface area contributed by atoms with Gasteiger partial charge < -0.3 is 8.94 Å². The van der Waals surface area contributed by atoms with Gasteiger partial charge >= 0.3 is 0 Å². The Labute approximate surface area is 104 Å². The summed E-state index contributed by atoms with van der Waals surface area (Å²) in [6.07, 6.45) is 7.66. The number of rotatable bonds is 2. The van der Waals surface area contributed by atoms with E-state index in [0.29, 0.717) is 18.1 Å². The average Bonchev–Trinajstić information content (AvgIpc) is 3.00. The molecule has 2 heterocycles. The van der Waals surface area contributed by atoms with Gasteiger partial charge in [-0.3, -0.25) is 4.79 Å². The second-order valence-electron chi connectivity index (χ2n) is 4.59. The van der Waals surface area contributed by atoms with Crippen molar-refractivity contribution in [2.24, 2.45) is 0 Å². The first-order chi connectivity index (χ1) is 8.84. The van der Waals surface area contributed by atoms with E-state index in [1.54, 1.807) is 18.6 Å². The Morgan fingerprint density at radius 1 is 1.28 bits per heavy atom. The maximum absolute atomic E-state index is 12.0. The lowest BCUT2D eigenvalue weighted by Gasteiger charge is -2.06. The van der Waals surface area contributed by atoms with Gasteiger partial charge in [-0.15, -0.1) is 0 Å². The highest BCUT2D eigenvalue weighted by Gasteiger charge is 2.27. The van der Waals surface area contributed by atoms with E-state index in [4.69, 9.17) is 8.94 Å². The van der Waals surface area contributed by atoms with E-state index in [9.17, 15) is 4.79 Å². The highest BCUT2D eigenvalue weighted by atomic mass is 16.5. The Balaban J connectivity index is 1.86. The Morgan fingerprint density at radius 2 is 2.22 bits per heavy atom. The second kappa shape index (κ2) is 4.76. The third-order valence-electron chi connectivity index (χ3n) is 3.32. The molecule has 1 saturated carbocycles. The number of furan rings is 1. The Hall–Kier alpha value is -1.91. The van der Waals surface area contributed by atoms with E-state index in [2.05, 4.69) is 10.1 Å². The molecule has 3 rings (SSSR count). The minimum absolute atomic E-state index is 0.217. The van der Waals surface area contributed by atoms with E-state index in [1.807, 2.05) is 0 Å². The first-order valence-corrected chi connectivity index (χ1v) is 6.23. The summed E-state index contributed by atoms with van der Waals surface area (Å²) in [5, 5.41) is 3.90. The van der Waals surface area contributed by atoms with Crippen molar-refractivity contribution in [1.29, 1.82) is 0 Å². The third kappa shape index (κ3) is 2.08. The molecule has 1 atom stereocenters. The van der Waals surface area contributed by atoms with Crippen molar-refractivity contribution in [3.63, 3.8) is 0 Å². The van der Waals surface area contributed by atoms with Gasteiger partial charge in [-0.2, -0.15) is 4.98 Å². The number of hydrogen-bond acceptors (Lipinski definition) is 5.